The van der Waals surface area contributed by atoms with Gasteiger partial charge in [-0.1, -0.05) is 13.8 Å². The zero-order chi connectivity index (χ0) is 13.6. The van der Waals surface area contributed by atoms with Gasteiger partial charge in [0.25, 0.3) is 0 Å². The molecule has 106 valence electrons. The molecule has 0 aromatic rings. The molecule has 0 aliphatic carbocycles. The highest BCUT2D eigenvalue weighted by Crippen LogP contribution is 2.33. The van der Waals surface area contributed by atoms with E-state index in [1.807, 2.05) is 11.8 Å². The minimum atomic E-state index is -0.307. The number of hydrogen-bond acceptors (Lipinski definition) is 3. The Morgan fingerprint density at radius 3 is 2.72 bits per heavy atom. The van der Waals surface area contributed by atoms with Crippen LogP contribution in [0.2, 0.25) is 0 Å². The van der Waals surface area contributed by atoms with Crippen LogP contribution in [0, 0.1) is 11.3 Å². The Bertz CT molecular complexity index is 261. The van der Waals surface area contributed by atoms with Crippen LogP contribution >= 0.6 is 0 Å². The van der Waals surface area contributed by atoms with E-state index >= 15 is 0 Å². The van der Waals surface area contributed by atoms with Crippen LogP contribution in [-0.4, -0.2) is 48.7 Å². The van der Waals surface area contributed by atoms with Crippen molar-refractivity contribution in [1.82, 2.24) is 10.2 Å². The van der Waals surface area contributed by atoms with Crippen LogP contribution in [0.3, 0.4) is 0 Å². The average molecular weight is 256 g/mol. The molecule has 1 aliphatic rings. The molecule has 1 aliphatic heterocycles. The lowest BCUT2D eigenvalue weighted by molar-refractivity contribution is -0.143. The van der Waals surface area contributed by atoms with E-state index in [2.05, 4.69) is 19.2 Å². The summed E-state index contributed by atoms with van der Waals surface area (Å²) in [6.45, 7) is 9.68. The summed E-state index contributed by atoms with van der Waals surface area (Å²) in [5, 5.41) is 12.3. The monoisotopic (exact) mass is 256 g/mol. The van der Waals surface area contributed by atoms with Crippen molar-refractivity contribution >= 4 is 5.91 Å². The van der Waals surface area contributed by atoms with Gasteiger partial charge in [-0.2, -0.15) is 0 Å². The highest BCUT2D eigenvalue weighted by Gasteiger charge is 2.39. The third-order valence-corrected chi connectivity index (χ3v) is 4.12. The molecule has 1 heterocycles. The van der Waals surface area contributed by atoms with Gasteiger partial charge in [0, 0.05) is 25.1 Å². The Morgan fingerprint density at radius 2 is 2.22 bits per heavy atom. The fourth-order valence-electron chi connectivity index (χ4n) is 2.71. The van der Waals surface area contributed by atoms with Gasteiger partial charge in [0.2, 0.25) is 5.91 Å². The van der Waals surface area contributed by atoms with Crippen LogP contribution in [-0.2, 0) is 4.79 Å². The molecule has 1 amide bonds. The maximum Gasteiger partial charge on any atom is 0.228 e. The van der Waals surface area contributed by atoms with Gasteiger partial charge >= 0.3 is 0 Å². The first-order valence-electron chi connectivity index (χ1n) is 7.15. The topological polar surface area (TPSA) is 52.6 Å². The Kier molecular flexibility index (Phi) is 6.09. The van der Waals surface area contributed by atoms with Crippen LogP contribution in [0.5, 0.6) is 0 Å². The molecule has 0 bridgehead atoms. The number of hydrogen-bond donors (Lipinski definition) is 2. The molecule has 18 heavy (non-hydrogen) atoms. The van der Waals surface area contributed by atoms with Crippen molar-refractivity contribution in [3.8, 4) is 0 Å². The van der Waals surface area contributed by atoms with Crippen LogP contribution in [0.1, 0.15) is 40.0 Å². The van der Waals surface area contributed by atoms with Gasteiger partial charge in [0.05, 0.1) is 0 Å². The molecule has 4 nitrogen and oxygen atoms in total. The summed E-state index contributed by atoms with van der Waals surface area (Å²) in [7, 11) is 0. The normalized spacial score (nSPS) is 20.8. The van der Waals surface area contributed by atoms with E-state index in [1.165, 1.54) is 0 Å². The van der Waals surface area contributed by atoms with Gasteiger partial charge in [-0.15, -0.1) is 0 Å². The summed E-state index contributed by atoms with van der Waals surface area (Å²) < 4.78 is 0. The van der Waals surface area contributed by atoms with Gasteiger partial charge in [-0.25, -0.2) is 0 Å². The van der Waals surface area contributed by atoms with Crippen molar-refractivity contribution in [2.75, 3.05) is 32.8 Å². The van der Waals surface area contributed by atoms with E-state index < -0.39 is 0 Å². The van der Waals surface area contributed by atoms with E-state index in [0.717, 1.165) is 32.5 Å². The molecule has 1 fully saturated rings. The smallest absolute Gasteiger partial charge is 0.228 e. The molecule has 0 saturated carbocycles. The van der Waals surface area contributed by atoms with Crippen molar-refractivity contribution in [1.29, 1.82) is 0 Å². The molecule has 1 rings (SSSR count). The lowest BCUT2D eigenvalue weighted by Gasteiger charge is -2.39. The van der Waals surface area contributed by atoms with Crippen molar-refractivity contribution in [3.05, 3.63) is 0 Å². The lowest BCUT2D eigenvalue weighted by atomic mass is 9.74. The molecule has 1 unspecified atom stereocenters. The number of aliphatic hydroxyl groups is 1. The summed E-state index contributed by atoms with van der Waals surface area (Å²) in [6.07, 6.45) is 2.95. The third-order valence-electron chi connectivity index (χ3n) is 4.12. The lowest BCUT2D eigenvalue weighted by Crippen LogP contribution is -2.49. The van der Waals surface area contributed by atoms with Gasteiger partial charge in [-0.3, -0.25) is 4.79 Å². The number of carbonyl (C=O) groups is 1. The minimum absolute atomic E-state index is 0.148. The van der Waals surface area contributed by atoms with E-state index in [4.69, 9.17) is 5.11 Å². The number of nitrogens with one attached hydrogen (secondary N) is 1. The van der Waals surface area contributed by atoms with Crippen molar-refractivity contribution < 1.29 is 9.90 Å². The minimum Gasteiger partial charge on any atom is -0.396 e. The Hall–Kier alpha value is -0.610. The summed E-state index contributed by atoms with van der Waals surface area (Å²) in [4.78, 5) is 14.5. The molecule has 4 heteroatoms. The van der Waals surface area contributed by atoms with Crippen LogP contribution < -0.4 is 5.32 Å². The number of amides is 1. The second-order valence-corrected chi connectivity index (χ2v) is 5.73. The highest BCUT2D eigenvalue weighted by molar-refractivity contribution is 5.82. The molecule has 0 spiro atoms. The van der Waals surface area contributed by atoms with Crippen LogP contribution in [0.15, 0.2) is 0 Å². The number of carbonyl (C=O) groups excluding carboxylic acids is 1. The summed E-state index contributed by atoms with van der Waals surface area (Å²) >= 11 is 0. The molecule has 1 saturated heterocycles. The molecule has 0 aromatic carbocycles. The predicted octanol–water partition coefficient (Wildman–Crippen LogP) is 1.24. The first-order valence-corrected chi connectivity index (χ1v) is 7.15. The standard InChI is InChI=1S/C14H28N2O2/c1-4-16(9-6-10-17)13(18)14(2,3)12-7-5-8-15-11-12/h12,15,17H,4-11H2,1-3H3. The molecule has 2 N–H and O–H groups in total. The van der Waals surface area contributed by atoms with E-state index in [-0.39, 0.29) is 17.9 Å². The highest BCUT2D eigenvalue weighted by atomic mass is 16.3. The van der Waals surface area contributed by atoms with Gasteiger partial charge in [-0.05, 0) is 45.2 Å². The second kappa shape index (κ2) is 7.10. The Balaban J connectivity index is 2.65. The van der Waals surface area contributed by atoms with Crippen molar-refractivity contribution in [2.45, 2.75) is 40.0 Å². The summed E-state index contributed by atoms with van der Waals surface area (Å²) in [5.74, 6) is 0.647. The number of piperidine rings is 1. The van der Waals surface area contributed by atoms with Gasteiger partial charge in [0.15, 0.2) is 0 Å². The van der Waals surface area contributed by atoms with Crippen LogP contribution in [0.25, 0.3) is 0 Å². The molecule has 0 radical (unpaired) electrons. The SMILES string of the molecule is CCN(CCCO)C(=O)C(C)(C)C1CCCNC1. The summed E-state index contributed by atoms with van der Waals surface area (Å²) in [6, 6.07) is 0. The fraction of sp³-hybridized carbons (Fsp3) is 0.929. The predicted molar refractivity (Wildman–Crippen MR) is 73.3 cm³/mol. The van der Waals surface area contributed by atoms with E-state index in [0.29, 0.717) is 18.9 Å². The second-order valence-electron chi connectivity index (χ2n) is 5.73. The van der Waals surface area contributed by atoms with Gasteiger partial charge in [0.1, 0.15) is 0 Å². The zero-order valence-electron chi connectivity index (χ0n) is 12.0. The fourth-order valence-corrected chi connectivity index (χ4v) is 2.71. The first-order chi connectivity index (χ1) is 8.54. The Morgan fingerprint density at radius 1 is 1.50 bits per heavy atom. The molecule has 1 atom stereocenters. The quantitative estimate of drug-likeness (QED) is 0.752. The number of rotatable bonds is 6. The third kappa shape index (κ3) is 3.69. The van der Waals surface area contributed by atoms with Crippen LogP contribution in [0.4, 0.5) is 0 Å². The van der Waals surface area contributed by atoms with E-state index in [1.54, 1.807) is 0 Å². The first kappa shape index (κ1) is 15.4. The molecule has 0 aromatic heterocycles. The van der Waals surface area contributed by atoms with Gasteiger partial charge < -0.3 is 15.3 Å². The molecular weight excluding hydrogens is 228 g/mol. The number of aliphatic hydroxyl groups excluding tert-OH is 1. The maximum absolute atomic E-state index is 12.6. The maximum atomic E-state index is 12.6. The average Bonchev–Trinajstić information content (AvgIpc) is 2.40. The van der Waals surface area contributed by atoms with Crippen molar-refractivity contribution in [3.63, 3.8) is 0 Å². The number of nitrogens with zero attached hydrogens (tertiary/aromatic N) is 1. The summed E-state index contributed by atoms with van der Waals surface area (Å²) in [5.41, 5.74) is -0.307. The van der Waals surface area contributed by atoms with Crippen molar-refractivity contribution in [2.24, 2.45) is 11.3 Å². The molecular formula is C14H28N2O2. The van der Waals surface area contributed by atoms with E-state index in [9.17, 15) is 4.79 Å². The Labute approximate surface area is 111 Å². The largest absolute Gasteiger partial charge is 0.396 e. The zero-order valence-corrected chi connectivity index (χ0v) is 12.0.